The van der Waals surface area contributed by atoms with Gasteiger partial charge in [-0.15, -0.1) is 0 Å². The van der Waals surface area contributed by atoms with Gasteiger partial charge in [-0.25, -0.2) is 0 Å². The maximum Gasteiger partial charge on any atom is 0.0541 e. The molecule has 0 saturated heterocycles. The third kappa shape index (κ3) is 11.1. The van der Waals surface area contributed by atoms with E-state index in [4.69, 9.17) is 6.58 Å². The highest BCUT2D eigenvalue weighted by atomic mass is 15.1. The van der Waals surface area contributed by atoms with Crippen molar-refractivity contribution in [2.75, 3.05) is 4.90 Å². The van der Waals surface area contributed by atoms with Crippen LogP contribution in [0.4, 0.5) is 17.1 Å². The molecule has 5 aromatic heterocycles. The maximum atomic E-state index is 5.01. The molecule has 118 heavy (non-hydrogen) atoms. The highest BCUT2D eigenvalue weighted by Crippen LogP contribution is 2.46. The fourth-order valence-electron chi connectivity index (χ4n) is 19.2. The van der Waals surface area contributed by atoms with Gasteiger partial charge in [0.25, 0.3) is 0 Å². The molecule has 0 saturated carbocycles. The Hall–Kier alpha value is -15.0. The molecule has 0 fully saturated rings. The SMILES string of the molecule is C=Cc1ccc(C(C)(C)c2ccc3c(c2)c2ccccc2n3-c2ccc(C(=C)c3ccc(C(C)(C)c4ccc5c(c4)c4ccccc4n5-c4ccc(N(c5ccc(-n6c7ccccc7c7ccccc76)cc5)c5ccc(-n6c7ccccc7c7ccccc76)cc5)cc4)cc3)c(-c3cccc(-n4c5ccccc5c5ccccc54)c3)c2)cc1. The van der Waals surface area contributed by atoms with Gasteiger partial charge in [0.2, 0.25) is 0 Å². The molecule has 0 unspecified atom stereocenters. The normalized spacial score (nSPS) is 12.1. The van der Waals surface area contributed by atoms with Crippen molar-refractivity contribution in [1.82, 2.24) is 22.8 Å². The van der Waals surface area contributed by atoms with Crippen LogP contribution in [0.15, 0.2) is 407 Å². The van der Waals surface area contributed by atoms with Gasteiger partial charge in [-0.05, 0) is 226 Å². The molecule has 0 radical (unpaired) electrons. The summed E-state index contributed by atoms with van der Waals surface area (Å²) in [4.78, 5) is 2.38. The van der Waals surface area contributed by atoms with E-state index in [2.05, 4.69) is 456 Å². The molecule has 0 aliphatic carbocycles. The van der Waals surface area contributed by atoms with Crippen LogP contribution in [-0.4, -0.2) is 22.8 Å². The van der Waals surface area contributed by atoms with Crippen LogP contribution in [0.1, 0.15) is 66.6 Å². The Morgan fingerprint density at radius 1 is 0.254 bits per heavy atom. The smallest absolute Gasteiger partial charge is 0.0541 e. The summed E-state index contributed by atoms with van der Waals surface area (Å²) in [6, 6.07) is 146. The largest absolute Gasteiger partial charge is 0.310 e. The minimum Gasteiger partial charge on any atom is -0.310 e. The summed E-state index contributed by atoms with van der Waals surface area (Å²) in [6.45, 7) is 18.4. The summed E-state index contributed by atoms with van der Waals surface area (Å²) in [5.74, 6) is 0. The second kappa shape index (κ2) is 27.4. The van der Waals surface area contributed by atoms with Gasteiger partial charge >= 0.3 is 0 Å². The second-order valence-electron chi connectivity index (χ2n) is 32.6. The number of hydrogen-bond acceptors (Lipinski definition) is 1. The van der Waals surface area contributed by atoms with Crippen molar-refractivity contribution in [3.8, 4) is 39.6 Å². The highest BCUT2D eigenvalue weighted by molar-refractivity contribution is 6.14. The summed E-state index contributed by atoms with van der Waals surface area (Å²) in [7, 11) is 0. The van der Waals surface area contributed by atoms with E-state index in [9.17, 15) is 0 Å². The van der Waals surface area contributed by atoms with E-state index >= 15 is 0 Å². The molecule has 0 N–H and O–H groups in total. The number of para-hydroxylation sites is 8. The second-order valence-corrected chi connectivity index (χ2v) is 32.6. The number of hydrogen-bond donors (Lipinski definition) is 0. The first-order valence-electron chi connectivity index (χ1n) is 40.8. The molecule has 17 aromatic carbocycles. The Bertz CT molecular complexity index is 7490. The van der Waals surface area contributed by atoms with Gasteiger partial charge in [0.1, 0.15) is 0 Å². The van der Waals surface area contributed by atoms with Crippen LogP contribution in [0.3, 0.4) is 0 Å². The lowest BCUT2D eigenvalue weighted by Gasteiger charge is -2.27. The van der Waals surface area contributed by atoms with Crippen LogP contribution < -0.4 is 4.90 Å². The molecule has 5 heterocycles. The van der Waals surface area contributed by atoms with E-state index in [1.807, 2.05) is 6.08 Å². The lowest BCUT2D eigenvalue weighted by atomic mass is 9.77. The van der Waals surface area contributed by atoms with Crippen molar-refractivity contribution >= 4 is 138 Å². The van der Waals surface area contributed by atoms with Crippen LogP contribution in [0.2, 0.25) is 0 Å². The first kappa shape index (κ1) is 69.7. The minimum absolute atomic E-state index is 0.246. The van der Waals surface area contributed by atoms with E-state index in [1.54, 1.807) is 0 Å². The monoisotopic (exact) mass is 1510 g/mol. The zero-order valence-electron chi connectivity index (χ0n) is 66.2. The van der Waals surface area contributed by atoms with Gasteiger partial charge in [-0.3, -0.25) is 0 Å². The molecule has 6 nitrogen and oxygen atoms in total. The standard InChI is InChI=1S/C112H82N6/c1-7-74-43-47-77(48-44-74)111(3,4)79-52-68-110-100(71-79)97-34-15-23-42-108(97)118(110)88-65-66-89(98(72-88)76-25-24-26-87(69-76)117-105-39-20-12-31-94(105)95-32-13-21-40-106(95)117)73(2)75-45-49-78(50-46-75)112(5,6)80-51-67-109-99(70-80)96-33-14-22-41-107(96)116(109)86-63-57-83(58-64-86)113(81-53-59-84(60-54-81)114-101-35-16-8-27-90(101)91-28-9-17-36-102(91)114)82-55-61-85(62-56-82)115-103-37-18-10-29-92(103)93-30-11-19-38-104(93)115/h7-72H,1-2H2,3-6H3. The molecule has 22 aromatic rings. The van der Waals surface area contributed by atoms with Crippen LogP contribution in [0, 0.1) is 0 Å². The molecular formula is C112H82N6. The summed E-state index contributed by atoms with van der Waals surface area (Å²) >= 11 is 0. The quantitative estimate of drug-likeness (QED) is 0.0947. The number of anilines is 3. The Labute approximate surface area is 685 Å². The summed E-state index contributed by atoms with van der Waals surface area (Å²) in [5.41, 5.74) is 31.1. The Morgan fingerprint density at radius 2 is 0.542 bits per heavy atom. The van der Waals surface area contributed by atoms with Crippen molar-refractivity contribution in [1.29, 1.82) is 0 Å². The predicted octanol–water partition coefficient (Wildman–Crippen LogP) is 29.7. The molecule has 0 atom stereocenters. The zero-order chi connectivity index (χ0) is 79.1. The molecule has 560 valence electrons. The molecule has 6 heteroatoms. The number of nitrogens with zero attached hydrogens (tertiary/aromatic N) is 6. The molecule has 22 rings (SSSR count). The number of aromatic nitrogens is 5. The van der Waals surface area contributed by atoms with Crippen molar-refractivity contribution in [2.24, 2.45) is 0 Å². The zero-order valence-corrected chi connectivity index (χ0v) is 66.2. The summed E-state index contributed by atoms with van der Waals surface area (Å²) in [6.07, 6.45) is 1.91. The van der Waals surface area contributed by atoms with E-state index in [0.717, 1.165) is 101 Å². The lowest BCUT2D eigenvalue weighted by molar-refractivity contribution is 0.641. The molecule has 0 aliphatic heterocycles. The average Bonchev–Trinajstić information content (AvgIpc) is 1.59. The van der Waals surface area contributed by atoms with E-state index < -0.39 is 0 Å². The Balaban J connectivity index is 0.605. The third-order valence-electron chi connectivity index (χ3n) is 25.5. The molecule has 0 spiro atoms. The number of benzene rings is 17. The summed E-state index contributed by atoms with van der Waals surface area (Å²) < 4.78 is 12.1. The fraction of sp³-hybridized carbons (Fsp3) is 0.0536. The number of rotatable bonds is 16. The number of fused-ring (bicyclic) bond motifs is 15. The maximum absolute atomic E-state index is 5.01. The van der Waals surface area contributed by atoms with Crippen LogP contribution >= 0.6 is 0 Å². The van der Waals surface area contributed by atoms with E-state index in [-0.39, 0.29) is 10.8 Å². The van der Waals surface area contributed by atoms with Gasteiger partial charge < -0.3 is 27.7 Å². The third-order valence-corrected chi connectivity index (χ3v) is 25.5. The lowest BCUT2D eigenvalue weighted by Crippen LogP contribution is -2.18. The molecule has 0 aliphatic rings. The van der Waals surface area contributed by atoms with Gasteiger partial charge in [0.15, 0.2) is 0 Å². The van der Waals surface area contributed by atoms with Gasteiger partial charge in [-0.2, -0.15) is 0 Å². The first-order chi connectivity index (χ1) is 57.9. The van der Waals surface area contributed by atoms with Gasteiger partial charge in [0.05, 0.1) is 55.2 Å². The van der Waals surface area contributed by atoms with Crippen molar-refractivity contribution in [3.63, 3.8) is 0 Å². The Kier molecular flexibility index (Phi) is 16.2. The van der Waals surface area contributed by atoms with E-state index in [1.165, 1.54) is 109 Å². The van der Waals surface area contributed by atoms with Gasteiger partial charge in [0, 0.05) is 110 Å². The predicted molar refractivity (Wildman–Crippen MR) is 500 cm³/mol. The summed E-state index contributed by atoms with van der Waals surface area (Å²) in [5, 5.41) is 12.3. The topological polar surface area (TPSA) is 27.9 Å². The highest BCUT2D eigenvalue weighted by Gasteiger charge is 2.29. The molecule has 0 amide bonds. The van der Waals surface area contributed by atoms with Gasteiger partial charge in [-0.1, -0.05) is 271 Å². The molecule has 0 bridgehead atoms. The molecular weight excluding hydrogens is 1430 g/mol. The van der Waals surface area contributed by atoms with Crippen molar-refractivity contribution in [2.45, 2.75) is 38.5 Å². The van der Waals surface area contributed by atoms with E-state index in [0.29, 0.717) is 0 Å². The first-order valence-corrected chi connectivity index (χ1v) is 40.8. The van der Waals surface area contributed by atoms with Crippen LogP contribution in [0.25, 0.3) is 160 Å². The van der Waals surface area contributed by atoms with Crippen LogP contribution in [-0.2, 0) is 10.8 Å². The van der Waals surface area contributed by atoms with Crippen LogP contribution in [0.5, 0.6) is 0 Å². The van der Waals surface area contributed by atoms with Crippen molar-refractivity contribution in [3.05, 3.63) is 446 Å². The van der Waals surface area contributed by atoms with Crippen molar-refractivity contribution < 1.29 is 0 Å². The average molecular weight is 1510 g/mol. The minimum atomic E-state index is -0.373. The Morgan fingerprint density at radius 3 is 0.890 bits per heavy atom. The fourth-order valence-corrected chi connectivity index (χ4v) is 19.2.